The summed E-state index contributed by atoms with van der Waals surface area (Å²) in [7, 11) is 0. The summed E-state index contributed by atoms with van der Waals surface area (Å²) in [6.45, 7) is 7.15. The van der Waals surface area contributed by atoms with Gasteiger partial charge in [-0.2, -0.15) is 0 Å². The van der Waals surface area contributed by atoms with Crippen molar-refractivity contribution in [2.45, 2.75) is 85.0 Å². The number of ketones is 1. The molecule has 4 saturated carbocycles. The fourth-order valence-electron chi connectivity index (χ4n) is 8.62. The fourth-order valence-corrected chi connectivity index (χ4v) is 8.62. The van der Waals surface area contributed by atoms with Gasteiger partial charge < -0.3 is 0 Å². The van der Waals surface area contributed by atoms with E-state index in [1.165, 1.54) is 56.9 Å². The topological polar surface area (TPSA) is 17.1 Å². The van der Waals surface area contributed by atoms with Gasteiger partial charge in [0.25, 0.3) is 0 Å². The third kappa shape index (κ3) is 3.22. The Labute approximate surface area is 178 Å². The number of carbonyl (C=O) groups is 1. The summed E-state index contributed by atoms with van der Waals surface area (Å²) in [6, 6.07) is 8.50. The second kappa shape index (κ2) is 7.54. The van der Waals surface area contributed by atoms with Gasteiger partial charge in [0.15, 0.2) is 5.78 Å². The first-order valence-electron chi connectivity index (χ1n) is 12.6. The SMILES string of the molecule is CCc1ccc(C(=O)C2CCC3C4CCC5CC(C)CCC5C4CCC23C)cc1. The molecule has 0 aromatic heterocycles. The van der Waals surface area contributed by atoms with Crippen LogP contribution in [-0.4, -0.2) is 5.78 Å². The molecule has 158 valence electrons. The zero-order valence-corrected chi connectivity index (χ0v) is 18.8. The van der Waals surface area contributed by atoms with Crippen LogP contribution in [0.2, 0.25) is 0 Å². The van der Waals surface area contributed by atoms with Gasteiger partial charge in [0.2, 0.25) is 0 Å². The van der Waals surface area contributed by atoms with Gasteiger partial charge in [-0.15, -0.1) is 0 Å². The van der Waals surface area contributed by atoms with Gasteiger partial charge in [-0.1, -0.05) is 51.5 Å². The monoisotopic (exact) mass is 392 g/mol. The van der Waals surface area contributed by atoms with E-state index in [4.69, 9.17) is 0 Å². The predicted octanol–water partition coefficient (Wildman–Crippen LogP) is 7.34. The summed E-state index contributed by atoms with van der Waals surface area (Å²) in [6.07, 6.45) is 13.5. The molecule has 0 saturated heterocycles. The smallest absolute Gasteiger partial charge is 0.166 e. The van der Waals surface area contributed by atoms with Gasteiger partial charge >= 0.3 is 0 Å². The number of rotatable bonds is 3. The third-order valence-corrected chi connectivity index (χ3v) is 10.2. The van der Waals surface area contributed by atoms with Crippen molar-refractivity contribution in [1.82, 2.24) is 0 Å². The first-order valence-corrected chi connectivity index (χ1v) is 12.6. The van der Waals surface area contributed by atoms with Gasteiger partial charge in [0, 0.05) is 11.5 Å². The van der Waals surface area contributed by atoms with Crippen LogP contribution in [0.15, 0.2) is 24.3 Å². The summed E-state index contributed by atoms with van der Waals surface area (Å²) in [5.41, 5.74) is 2.54. The molecule has 0 spiro atoms. The Kier molecular flexibility index (Phi) is 5.16. The van der Waals surface area contributed by atoms with Crippen LogP contribution in [0.4, 0.5) is 0 Å². The van der Waals surface area contributed by atoms with E-state index in [1.54, 1.807) is 0 Å². The van der Waals surface area contributed by atoms with E-state index in [2.05, 4.69) is 45.0 Å². The Morgan fingerprint density at radius 1 is 0.931 bits per heavy atom. The molecule has 1 nitrogen and oxygen atoms in total. The first-order chi connectivity index (χ1) is 14.0. The van der Waals surface area contributed by atoms with Gasteiger partial charge in [0.1, 0.15) is 0 Å². The summed E-state index contributed by atoms with van der Waals surface area (Å²) < 4.78 is 0. The van der Waals surface area contributed by atoms with E-state index in [1.807, 2.05) is 0 Å². The zero-order valence-electron chi connectivity index (χ0n) is 18.8. The second-order valence-electron chi connectivity index (χ2n) is 11.4. The average Bonchev–Trinajstić information content (AvgIpc) is 3.10. The molecule has 4 aliphatic carbocycles. The quantitative estimate of drug-likeness (QED) is 0.492. The lowest BCUT2D eigenvalue weighted by Gasteiger charge is -2.56. The number of carbonyl (C=O) groups excluding carboxylic acids is 1. The van der Waals surface area contributed by atoms with Crippen molar-refractivity contribution in [2.24, 2.45) is 46.8 Å². The molecule has 8 unspecified atom stereocenters. The van der Waals surface area contributed by atoms with E-state index >= 15 is 0 Å². The number of Topliss-reactive ketones (excluding diaryl/α,β-unsaturated/α-hetero) is 1. The van der Waals surface area contributed by atoms with Crippen LogP contribution in [0, 0.1) is 46.8 Å². The molecule has 0 N–H and O–H groups in total. The lowest BCUT2D eigenvalue weighted by molar-refractivity contribution is -0.0634. The van der Waals surface area contributed by atoms with Crippen molar-refractivity contribution in [2.75, 3.05) is 0 Å². The largest absolute Gasteiger partial charge is 0.294 e. The van der Waals surface area contributed by atoms with Gasteiger partial charge in [-0.05, 0) is 104 Å². The molecule has 0 amide bonds. The van der Waals surface area contributed by atoms with E-state index in [0.29, 0.717) is 5.78 Å². The van der Waals surface area contributed by atoms with E-state index in [-0.39, 0.29) is 11.3 Å². The summed E-state index contributed by atoms with van der Waals surface area (Å²) >= 11 is 0. The molecule has 4 fully saturated rings. The van der Waals surface area contributed by atoms with Gasteiger partial charge in [-0.3, -0.25) is 4.79 Å². The average molecular weight is 393 g/mol. The minimum absolute atomic E-state index is 0.247. The maximum atomic E-state index is 13.5. The minimum atomic E-state index is 0.247. The first kappa shape index (κ1) is 19.8. The lowest BCUT2D eigenvalue weighted by atomic mass is 9.49. The van der Waals surface area contributed by atoms with Crippen molar-refractivity contribution in [3.8, 4) is 0 Å². The molecule has 0 radical (unpaired) electrons. The molecule has 4 aliphatic rings. The molecule has 29 heavy (non-hydrogen) atoms. The highest BCUT2D eigenvalue weighted by atomic mass is 16.1. The molecule has 1 heteroatoms. The Morgan fingerprint density at radius 2 is 1.69 bits per heavy atom. The molecule has 5 rings (SSSR count). The molecule has 8 atom stereocenters. The molecule has 1 aromatic carbocycles. The highest BCUT2D eigenvalue weighted by molar-refractivity contribution is 5.98. The van der Waals surface area contributed by atoms with Crippen LogP contribution in [0.1, 0.15) is 94.5 Å². The van der Waals surface area contributed by atoms with Crippen LogP contribution in [0.3, 0.4) is 0 Å². The fraction of sp³-hybridized carbons (Fsp3) is 0.750. The van der Waals surface area contributed by atoms with Crippen LogP contribution >= 0.6 is 0 Å². The highest BCUT2D eigenvalue weighted by Crippen LogP contribution is 2.64. The maximum Gasteiger partial charge on any atom is 0.166 e. The van der Waals surface area contributed by atoms with Gasteiger partial charge in [-0.25, -0.2) is 0 Å². The standard InChI is InChI=1S/C28H40O/c1-4-19-6-8-20(9-7-19)27(29)26-14-13-25-24-12-10-21-17-18(2)5-11-22(21)23(24)15-16-28(25,26)3/h6-9,18,21-26H,4-5,10-17H2,1-3H3. The second-order valence-corrected chi connectivity index (χ2v) is 11.4. The third-order valence-electron chi connectivity index (χ3n) is 10.2. The maximum absolute atomic E-state index is 13.5. The number of aryl methyl sites for hydroxylation is 1. The lowest BCUT2D eigenvalue weighted by Crippen LogP contribution is -2.49. The zero-order chi connectivity index (χ0) is 20.2. The Bertz CT molecular complexity index is 748. The molecule has 1 aromatic rings. The van der Waals surface area contributed by atoms with Crippen molar-refractivity contribution in [1.29, 1.82) is 0 Å². The van der Waals surface area contributed by atoms with Crippen molar-refractivity contribution in [3.63, 3.8) is 0 Å². The van der Waals surface area contributed by atoms with Crippen LogP contribution in [0.25, 0.3) is 0 Å². The Hall–Kier alpha value is -1.11. The Morgan fingerprint density at radius 3 is 2.45 bits per heavy atom. The van der Waals surface area contributed by atoms with Crippen molar-refractivity contribution < 1.29 is 4.79 Å². The predicted molar refractivity (Wildman–Crippen MR) is 120 cm³/mol. The molecular weight excluding hydrogens is 352 g/mol. The van der Waals surface area contributed by atoms with Crippen molar-refractivity contribution >= 4 is 5.78 Å². The van der Waals surface area contributed by atoms with Crippen LogP contribution in [-0.2, 0) is 6.42 Å². The van der Waals surface area contributed by atoms with Crippen LogP contribution < -0.4 is 0 Å². The van der Waals surface area contributed by atoms with Crippen LogP contribution in [0.5, 0.6) is 0 Å². The molecule has 0 aliphatic heterocycles. The Balaban J connectivity index is 1.35. The summed E-state index contributed by atoms with van der Waals surface area (Å²) in [5.74, 6) is 6.34. The number of benzene rings is 1. The van der Waals surface area contributed by atoms with Crippen molar-refractivity contribution in [3.05, 3.63) is 35.4 Å². The summed E-state index contributed by atoms with van der Waals surface area (Å²) in [4.78, 5) is 13.5. The normalized spacial score (nSPS) is 43.9. The summed E-state index contributed by atoms with van der Waals surface area (Å²) in [5, 5.41) is 0. The molecular formula is C28H40O. The highest BCUT2D eigenvalue weighted by Gasteiger charge is 2.58. The molecule has 0 heterocycles. The van der Waals surface area contributed by atoms with E-state index < -0.39 is 0 Å². The number of hydrogen-bond donors (Lipinski definition) is 0. The van der Waals surface area contributed by atoms with Gasteiger partial charge in [0.05, 0.1) is 0 Å². The number of hydrogen-bond acceptors (Lipinski definition) is 1. The number of fused-ring (bicyclic) bond motifs is 5. The van der Waals surface area contributed by atoms with E-state index in [9.17, 15) is 4.79 Å². The van der Waals surface area contributed by atoms with E-state index in [0.717, 1.165) is 53.9 Å². The minimum Gasteiger partial charge on any atom is -0.294 e. The molecule has 0 bridgehead atoms.